The van der Waals surface area contributed by atoms with Crippen molar-refractivity contribution in [1.29, 1.82) is 0 Å². The summed E-state index contributed by atoms with van der Waals surface area (Å²) in [6.07, 6.45) is 1.45. The molecular weight excluding hydrogens is 547 g/mol. The molecule has 0 atom stereocenters. The molecule has 2 aliphatic rings. The fourth-order valence-corrected chi connectivity index (χ4v) is 6.56. The van der Waals surface area contributed by atoms with Crippen molar-refractivity contribution in [3.05, 3.63) is 70.5 Å². The average molecular weight is 572 g/mol. The van der Waals surface area contributed by atoms with E-state index < -0.39 is 9.84 Å². The molecule has 0 bridgehead atoms. The molecule has 2 aromatic carbocycles. The lowest BCUT2D eigenvalue weighted by Gasteiger charge is -2.26. The predicted molar refractivity (Wildman–Crippen MR) is 148 cm³/mol. The van der Waals surface area contributed by atoms with Crippen LogP contribution in [0.1, 0.15) is 17.0 Å². The number of aromatic nitrogens is 1. The second-order valence-corrected chi connectivity index (χ2v) is 12.2. The molecule has 38 heavy (non-hydrogen) atoms. The maximum absolute atomic E-state index is 13.6. The summed E-state index contributed by atoms with van der Waals surface area (Å²) < 4.78 is 44.1. The van der Waals surface area contributed by atoms with Gasteiger partial charge in [0, 0.05) is 19.2 Å². The number of anilines is 1. The summed E-state index contributed by atoms with van der Waals surface area (Å²) in [4.78, 5) is 21.3. The van der Waals surface area contributed by atoms with Crippen molar-refractivity contribution in [2.45, 2.75) is 23.4 Å². The SMILES string of the molecule is COc1ccc(CN2C(=O)/C(=C/c3nc(S(=O)(=O)c4ccc(C)cc4)c(N4CCOCC4)o3)SC2=S)cc1. The van der Waals surface area contributed by atoms with Crippen LogP contribution in [0.4, 0.5) is 5.88 Å². The van der Waals surface area contributed by atoms with Crippen LogP contribution in [-0.2, 0) is 25.9 Å². The van der Waals surface area contributed by atoms with Gasteiger partial charge in [0.2, 0.25) is 26.6 Å². The maximum atomic E-state index is 13.6. The summed E-state index contributed by atoms with van der Waals surface area (Å²) in [5, 5.41) is -0.191. The van der Waals surface area contributed by atoms with Crippen LogP contribution < -0.4 is 9.64 Å². The first kappa shape index (κ1) is 26.4. The standard InChI is InChI=1S/C26H25N3O6S3/c1-17-3-9-20(10-4-17)38(31,32)23-25(28-11-13-34-14-12-28)35-22(27-23)15-21-24(30)29(26(36)37-21)16-18-5-7-19(33-2)8-6-18/h3-10,15H,11-14,16H2,1-2H3/b21-15-. The van der Waals surface area contributed by atoms with Gasteiger partial charge in [0.1, 0.15) is 10.1 Å². The summed E-state index contributed by atoms with van der Waals surface area (Å²) in [7, 11) is -2.40. The number of carbonyl (C=O) groups excluding carboxylic acids is 1. The zero-order valence-corrected chi connectivity index (χ0v) is 23.2. The largest absolute Gasteiger partial charge is 0.497 e. The van der Waals surface area contributed by atoms with E-state index in [4.69, 9.17) is 26.1 Å². The minimum atomic E-state index is -3.98. The third-order valence-corrected chi connectivity index (χ3v) is 9.15. The molecule has 0 N–H and O–H groups in total. The van der Waals surface area contributed by atoms with E-state index in [1.54, 1.807) is 36.3 Å². The van der Waals surface area contributed by atoms with E-state index in [0.29, 0.717) is 42.1 Å². The molecule has 3 heterocycles. The van der Waals surface area contributed by atoms with E-state index in [9.17, 15) is 13.2 Å². The van der Waals surface area contributed by atoms with Gasteiger partial charge in [0.25, 0.3) is 5.91 Å². The van der Waals surface area contributed by atoms with Crippen LogP contribution in [0.3, 0.4) is 0 Å². The molecule has 0 saturated carbocycles. The first-order chi connectivity index (χ1) is 18.3. The number of thiocarbonyl (C=S) groups is 1. The van der Waals surface area contributed by atoms with Gasteiger partial charge in [0.05, 0.1) is 36.7 Å². The second kappa shape index (κ2) is 10.9. The predicted octanol–water partition coefficient (Wildman–Crippen LogP) is 4.06. The van der Waals surface area contributed by atoms with Crippen molar-refractivity contribution in [2.24, 2.45) is 0 Å². The smallest absolute Gasteiger partial charge is 0.266 e. The van der Waals surface area contributed by atoms with Gasteiger partial charge in [-0.3, -0.25) is 9.69 Å². The Bertz CT molecular complexity index is 1490. The summed E-state index contributed by atoms with van der Waals surface area (Å²) in [6, 6.07) is 13.9. The van der Waals surface area contributed by atoms with E-state index in [1.807, 2.05) is 31.2 Å². The molecule has 0 spiro atoms. The number of oxazole rings is 1. The highest BCUT2D eigenvalue weighted by Gasteiger charge is 2.35. The van der Waals surface area contributed by atoms with Crippen LogP contribution in [0.15, 0.2) is 67.8 Å². The van der Waals surface area contributed by atoms with Crippen LogP contribution in [0.25, 0.3) is 6.08 Å². The summed E-state index contributed by atoms with van der Waals surface area (Å²) in [5.74, 6) is 0.566. The van der Waals surface area contributed by atoms with Crippen molar-refractivity contribution in [3.63, 3.8) is 0 Å². The number of amides is 1. The van der Waals surface area contributed by atoms with E-state index in [0.717, 1.165) is 28.6 Å². The van der Waals surface area contributed by atoms with Crippen LogP contribution in [0.5, 0.6) is 5.75 Å². The van der Waals surface area contributed by atoms with Crippen LogP contribution in [0.2, 0.25) is 0 Å². The first-order valence-corrected chi connectivity index (χ1v) is 14.5. The van der Waals surface area contributed by atoms with E-state index in [2.05, 4.69) is 4.98 Å². The van der Waals surface area contributed by atoms with Gasteiger partial charge >= 0.3 is 0 Å². The Morgan fingerprint density at radius 3 is 2.45 bits per heavy atom. The number of methoxy groups -OCH3 is 1. The molecule has 3 aromatic rings. The lowest BCUT2D eigenvalue weighted by atomic mass is 10.2. The van der Waals surface area contributed by atoms with E-state index in [1.165, 1.54) is 11.0 Å². The summed E-state index contributed by atoms with van der Waals surface area (Å²) in [5.41, 5.74) is 1.83. The normalized spacial score (nSPS) is 17.5. The number of aryl methyl sites for hydroxylation is 1. The number of thioether (sulfide) groups is 1. The zero-order chi connectivity index (χ0) is 26.9. The average Bonchev–Trinajstić information content (AvgIpc) is 3.47. The molecule has 9 nitrogen and oxygen atoms in total. The number of benzene rings is 2. The monoisotopic (exact) mass is 571 g/mol. The second-order valence-electron chi connectivity index (χ2n) is 8.69. The van der Waals surface area contributed by atoms with Gasteiger partial charge in [-0.1, -0.05) is 53.8 Å². The van der Waals surface area contributed by atoms with Gasteiger partial charge < -0.3 is 18.8 Å². The lowest BCUT2D eigenvalue weighted by molar-refractivity contribution is -0.122. The number of rotatable bonds is 7. The van der Waals surface area contributed by atoms with Crippen molar-refractivity contribution in [3.8, 4) is 5.75 Å². The Hall–Kier alpha value is -3.19. The molecule has 2 fully saturated rings. The number of carbonyl (C=O) groups is 1. The molecule has 5 rings (SSSR count). The van der Waals surface area contributed by atoms with Crippen molar-refractivity contribution < 1.29 is 27.1 Å². The Kier molecular flexibility index (Phi) is 7.57. The fourth-order valence-electron chi connectivity index (χ4n) is 4.01. The molecule has 0 radical (unpaired) electrons. The van der Waals surface area contributed by atoms with Gasteiger partial charge in [0.15, 0.2) is 0 Å². The molecule has 1 amide bonds. The van der Waals surface area contributed by atoms with E-state index in [-0.39, 0.29) is 27.6 Å². The highest BCUT2D eigenvalue weighted by atomic mass is 32.2. The van der Waals surface area contributed by atoms with Crippen molar-refractivity contribution >= 4 is 56.0 Å². The number of nitrogens with zero attached hydrogens (tertiary/aromatic N) is 3. The zero-order valence-electron chi connectivity index (χ0n) is 20.7. The highest BCUT2D eigenvalue weighted by molar-refractivity contribution is 8.26. The van der Waals surface area contributed by atoms with Crippen LogP contribution in [0, 0.1) is 6.92 Å². The number of sulfone groups is 1. The number of hydrogen-bond acceptors (Lipinski definition) is 10. The fraction of sp³-hybridized carbons (Fsp3) is 0.269. The Morgan fingerprint density at radius 2 is 1.79 bits per heavy atom. The molecule has 0 unspecified atom stereocenters. The van der Waals surface area contributed by atoms with E-state index >= 15 is 0 Å². The minimum Gasteiger partial charge on any atom is -0.497 e. The van der Waals surface area contributed by atoms with Crippen LogP contribution in [-0.4, -0.2) is 61.9 Å². The van der Waals surface area contributed by atoms with Crippen LogP contribution >= 0.6 is 24.0 Å². The highest BCUT2D eigenvalue weighted by Crippen LogP contribution is 2.36. The molecular formula is C26H25N3O6S3. The molecule has 12 heteroatoms. The molecule has 1 aromatic heterocycles. The number of ether oxygens (including phenoxy) is 2. The third kappa shape index (κ3) is 5.35. The third-order valence-electron chi connectivity index (χ3n) is 6.11. The minimum absolute atomic E-state index is 0.0159. The topological polar surface area (TPSA) is 102 Å². The molecule has 198 valence electrons. The maximum Gasteiger partial charge on any atom is 0.266 e. The molecule has 2 aliphatic heterocycles. The number of morpholine rings is 1. The molecule has 0 aliphatic carbocycles. The van der Waals surface area contributed by atoms with Gasteiger partial charge in [-0.2, -0.15) is 4.98 Å². The van der Waals surface area contributed by atoms with Gasteiger partial charge in [-0.05, 0) is 36.8 Å². The van der Waals surface area contributed by atoms with Crippen molar-refractivity contribution in [2.75, 3.05) is 38.3 Å². The quantitative estimate of drug-likeness (QED) is 0.305. The summed E-state index contributed by atoms with van der Waals surface area (Å²) >= 11 is 6.58. The van der Waals surface area contributed by atoms with Gasteiger partial charge in [-0.25, -0.2) is 8.42 Å². The first-order valence-electron chi connectivity index (χ1n) is 11.8. The Morgan fingerprint density at radius 1 is 1.11 bits per heavy atom. The van der Waals surface area contributed by atoms with Gasteiger partial charge in [-0.15, -0.1) is 0 Å². The Labute approximate surface area is 230 Å². The number of hydrogen-bond donors (Lipinski definition) is 0. The molecule has 2 saturated heterocycles. The summed E-state index contributed by atoms with van der Waals surface area (Å²) in [6.45, 7) is 3.95. The lowest BCUT2D eigenvalue weighted by Crippen LogP contribution is -2.36. The Balaban J connectivity index is 1.46. The van der Waals surface area contributed by atoms with Crippen molar-refractivity contribution in [1.82, 2.24) is 9.88 Å².